The molecule has 0 spiro atoms. The number of carbonyl (C=O) groups excluding carboxylic acids is 1. The number of ether oxygens (including phenoxy) is 1. The lowest BCUT2D eigenvalue weighted by Gasteiger charge is -2.23. The van der Waals surface area contributed by atoms with Crippen LogP contribution in [-0.4, -0.2) is 18.6 Å². The van der Waals surface area contributed by atoms with Crippen molar-refractivity contribution < 1.29 is 9.53 Å². The molecule has 1 aliphatic heterocycles. The first-order valence-corrected chi connectivity index (χ1v) is 7.76. The quantitative estimate of drug-likeness (QED) is 0.856. The summed E-state index contributed by atoms with van der Waals surface area (Å²) in [6, 6.07) is 13.5. The van der Waals surface area contributed by atoms with E-state index in [-0.39, 0.29) is 5.91 Å². The van der Waals surface area contributed by atoms with Crippen molar-refractivity contribution in [3.05, 3.63) is 58.6 Å². The normalized spacial score (nSPS) is 14.6. The zero-order chi connectivity index (χ0) is 15.7. The molecule has 1 unspecified atom stereocenters. The van der Waals surface area contributed by atoms with E-state index >= 15 is 0 Å². The molecule has 1 aliphatic rings. The first kappa shape index (κ1) is 14.9. The molecule has 1 atom stereocenters. The van der Waals surface area contributed by atoms with Gasteiger partial charge in [-0.05, 0) is 49.6 Å². The number of para-hydroxylation sites is 1. The molecule has 0 radical (unpaired) electrons. The van der Waals surface area contributed by atoms with Gasteiger partial charge in [-0.3, -0.25) is 4.79 Å². The Morgan fingerprint density at radius 2 is 2.05 bits per heavy atom. The Kier molecular flexibility index (Phi) is 4.08. The molecular weight excluding hydrogens is 298 g/mol. The molecule has 1 amide bonds. The second-order valence-corrected chi connectivity index (χ2v) is 5.97. The number of rotatable bonds is 3. The standard InChI is InChI=1S/C18H18ClNO2/c1-12-7-8-15(19)17(11-12)22-13(2)18(21)20-10-9-14-5-3-4-6-16(14)20/h3-8,11,13H,9-10H2,1-2H3. The lowest BCUT2D eigenvalue weighted by atomic mass is 10.2. The van der Waals surface area contributed by atoms with E-state index in [4.69, 9.17) is 16.3 Å². The van der Waals surface area contributed by atoms with Gasteiger partial charge in [0.25, 0.3) is 5.91 Å². The van der Waals surface area contributed by atoms with Gasteiger partial charge in [-0.15, -0.1) is 0 Å². The highest BCUT2D eigenvalue weighted by atomic mass is 35.5. The topological polar surface area (TPSA) is 29.5 Å². The molecule has 4 heteroatoms. The molecule has 1 heterocycles. The van der Waals surface area contributed by atoms with Crippen molar-refractivity contribution >= 4 is 23.2 Å². The summed E-state index contributed by atoms with van der Waals surface area (Å²) in [5, 5.41) is 0.520. The van der Waals surface area contributed by atoms with Crippen LogP contribution in [0.4, 0.5) is 5.69 Å². The van der Waals surface area contributed by atoms with Crippen LogP contribution in [0.5, 0.6) is 5.75 Å². The third kappa shape index (κ3) is 2.81. The Labute approximate surface area is 135 Å². The van der Waals surface area contributed by atoms with Gasteiger partial charge in [0.15, 0.2) is 6.10 Å². The average Bonchev–Trinajstić information content (AvgIpc) is 2.94. The second kappa shape index (κ2) is 6.01. The fraction of sp³-hybridized carbons (Fsp3) is 0.278. The molecule has 2 aromatic carbocycles. The van der Waals surface area contributed by atoms with E-state index in [1.54, 1.807) is 17.9 Å². The molecule has 0 bridgehead atoms. The van der Waals surface area contributed by atoms with Gasteiger partial charge in [0.1, 0.15) is 5.75 Å². The minimum absolute atomic E-state index is 0.0393. The summed E-state index contributed by atoms with van der Waals surface area (Å²) < 4.78 is 5.79. The van der Waals surface area contributed by atoms with Crippen LogP contribution in [0, 0.1) is 6.92 Å². The molecule has 0 aliphatic carbocycles. The van der Waals surface area contributed by atoms with E-state index in [1.807, 2.05) is 37.3 Å². The van der Waals surface area contributed by atoms with E-state index < -0.39 is 6.10 Å². The van der Waals surface area contributed by atoms with Crippen molar-refractivity contribution in [3.8, 4) is 5.75 Å². The van der Waals surface area contributed by atoms with Gasteiger partial charge < -0.3 is 9.64 Å². The molecule has 0 fully saturated rings. The molecule has 0 N–H and O–H groups in total. The van der Waals surface area contributed by atoms with Crippen LogP contribution in [0.15, 0.2) is 42.5 Å². The van der Waals surface area contributed by atoms with Gasteiger partial charge in [0, 0.05) is 12.2 Å². The fourth-order valence-electron chi connectivity index (χ4n) is 2.73. The fourth-order valence-corrected chi connectivity index (χ4v) is 2.89. The van der Waals surface area contributed by atoms with E-state index in [0.29, 0.717) is 17.3 Å². The average molecular weight is 316 g/mol. The van der Waals surface area contributed by atoms with Crippen LogP contribution >= 0.6 is 11.6 Å². The minimum Gasteiger partial charge on any atom is -0.479 e. The number of benzene rings is 2. The Morgan fingerprint density at radius 1 is 1.27 bits per heavy atom. The summed E-state index contributed by atoms with van der Waals surface area (Å²) in [5.41, 5.74) is 3.24. The summed E-state index contributed by atoms with van der Waals surface area (Å²) in [6.07, 6.45) is 0.310. The van der Waals surface area contributed by atoms with Gasteiger partial charge in [-0.2, -0.15) is 0 Å². The number of amides is 1. The van der Waals surface area contributed by atoms with Crippen LogP contribution < -0.4 is 9.64 Å². The SMILES string of the molecule is Cc1ccc(Cl)c(OC(C)C(=O)N2CCc3ccccc32)c1. The number of hydrogen-bond acceptors (Lipinski definition) is 2. The molecule has 22 heavy (non-hydrogen) atoms. The third-order valence-corrected chi connectivity index (χ3v) is 4.20. The van der Waals surface area contributed by atoms with Crippen LogP contribution in [0.3, 0.4) is 0 Å². The number of aryl methyl sites for hydroxylation is 1. The van der Waals surface area contributed by atoms with Crippen LogP contribution in [0.2, 0.25) is 5.02 Å². The zero-order valence-electron chi connectivity index (χ0n) is 12.7. The van der Waals surface area contributed by atoms with Gasteiger partial charge in [0.05, 0.1) is 5.02 Å². The molecule has 114 valence electrons. The van der Waals surface area contributed by atoms with E-state index in [9.17, 15) is 4.79 Å². The van der Waals surface area contributed by atoms with Gasteiger partial charge >= 0.3 is 0 Å². The van der Waals surface area contributed by atoms with E-state index in [0.717, 1.165) is 17.7 Å². The summed E-state index contributed by atoms with van der Waals surface area (Å²) in [7, 11) is 0. The van der Waals surface area contributed by atoms with Crippen LogP contribution in [-0.2, 0) is 11.2 Å². The monoisotopic (exact) mass is 315 g/mol. The van der Waals surface area contributed by atoms with Crippen molar-refractivity contribution in [1.29, 1.82) is 0 Å². The lowest BCUT2D eigenvalue weighted by molar-refractivity contribution is -0.124. The molecule has 3 rings (SSSR count). The Balaban J connectivity index is 1.77. The Bertz CT molecular complexity index is 714. The highest BCUT2D eigenvalue weighted by Gasteiger charge is 2.29. The third-order valence-electron chi connectivity index (χ3n) is 3.89. The van der Waals surface area contributed by atoms with Crippen LogP contribution in [0.1, 0.15) is 18.1 Å². The molecule has 0 aromatic heterocycles. The number of fused-ring (bicyclic) bond motifs is 1. The van der Waals surface area contributed by atoms with Gasteiger partial charge in [-0.25, -0.2) is 0 Å². The van der Waals surface area contributed by atoms with E-state index in [2.05, 4.69) is 6.07 Å². The highest BCUT2D eigenvalue weighted by Crippen LogP contribution is 2.30. The molecule has 0 saturated carbocycles. The zero-order valence-corrected chi connectivity index (χ0v) is 13.4. The van der Waals surface area contributed by atoms with Crippen molar-refractivity contribution in [1.82, 2.24) is 0 Å². The predicted molar refractivity (Wildman–Crippen MR) is 88.8 cm³/mol. The summed E-state index contributed by atoms with van der Waals surface area (Å²) in [5.74, 6) is 0.512. The van der Waals surface area contributed by atoms with Gasteiger partial charge in [0.2, 0.25) is 0 Å². The maximum atomic E-state index is 12.7. The number of halogens is 1. The van der Waals surface area contributed by atoms with Crippen molar-refractivity contribution in [3.63, 3.8) is 0 Å². The van der Waals surface area contributed by atoms with E-state index in [1.165, 1.54) is 5.56 Å². The smallest absolute Gasteiger partial charge is 0.267 e. The first-order valence-electron chi connectivity index (χ1n) is 7.38. The molecule has 2 aromatic rings. The molecule has 3 nitrogen and oxygen atoms in total. The van der Waals surface area contributed by atoms with Crippen molar-refractivity contribution in [2.45, 2.75) is 26.4 Å². The Morgan fingerprint density at radius 3 is 2.86 bits per heavy atom. The second-order valence-electron chi connectivity index (χ2n) is 5.56. The highest BCUT2D eigenvalue weighted by molar-refractivity contribution is 6.32. The number of anilines is 1. The predicted octanol–water partition coefficient (Wildman–Crippen LogP) is 4.01. The van der Waals surface area contributed by atoms with Crippen molar-refractivity contribution in [2.75, 3.05) is 11.4 Å². The molecule has 0 saturated heterocycles. The summed E-state index contributed by atoms with van der Waals surface area (Å²) >= 11 is 6.14. The minimum atomic E-state index is -0.578. The maximum absolute atomic E-state index is 12.7. The summed E-state index contributed by atoms with van der Waals surface area (Å²) in [4.78, 5) is 14.5. The first-order chi connectivity index (χ1) is 10.6. The molecular formula is C18H18ClNO2. The van der Waals surface area contributed by atoms with Crippen LogP contribution in [0.25, 0.3) is 0 Å². The van der Waals surface area contributed by atoms with Gasteiger partial charge in [-0.1, -0.05) is 35.9 Å². The number of hydrogen-bond donors (Lipinski definition) is 0. The largest absolute Gasteiger partial charge is 0.479 e. The lowest BCUT2D eigenvalue weighted by Crippen LogP contribution is -2.39. The summed E-state index contributed by atoms with van der Waals surface area (Å²) in [6.45, 7) is 4.43. The Hall–Kier alpha value is -2.00. The maximum Gasteiger partial charge on any atom is 0.267 e. The van der Waals surface area contributed by atoms with Crippen molar-refractivity contribution in [2.24, 2.45) is 0 Å². The number of nitrogens with zero attached hydrogens (tertiary/aromatic N) is 1. The number of carbonyl (C=O) groups is 1.